The van der Waals surface area contributed by atoms with E-state index in [4.69, 9.17) is 0 Å². The molecule has 0 aromatic carbocycles. The zero-order valence-electron chi connectivity index (χ0n) is 2.79. The van der Waals surface area contributed by atoms with Crippen LogP contribution in [0, 0.1) is 0 Å². The molecule has 0 saturated heterocycles. The first-order valence-electron chi connectivity index (χ1n) is 1.15. The predicted octanol–water partition coefficient (Wildman–Crippen LogP) is 1.62. The standard InChI is InChI=1S/C2H5FS.Ag/c1-2-4-3;/h2H2,1H3;. The van der Waals surface area contributed by atoms with E-state index in [9.17, 15) is 3.89 Å². The van der Waals surface area contributed by atoms with E-state index in [0.29, 0.717) is 17.9 Å². The van der Waals surface area contributed by atoms with Gasteiger partial charge in [0.05, 0.1) is 0 Å². The Morgan fingerprint density at radius 3 is 2.00 bits per heavy atom. The van der Waals surface area contributed by atoms with Gasteiger partial charge in [-0.2, -0.15) is 3.89 Å². The molecule has 0 N–H and O–H groups in total. The van der Waals surface area contributed by atoms with Crippen molar-refractivity contribution in [2.75, 3.05) is 5.75 Å². The number of halogens is 1. The first-order chi connectivity index (χ1) is 1.91. The van der Waals surface area contributed by atoms with Gasteiger partial charge in [0, 0.05) is 40.3 Å². The molecule has 0 spiro atoms. The molecule has 0 amide bonds. The van der Waals surface area contributed by atoms with Crippen LogP contribution in [0.15, 0.2) is 0 Å². The SMILES string of the molecule is CCSF.[Ag]. The number of hydrogen-bond acceptors (Lipinski definition) is 1. The molecule has 1 radical (unpaired) electrons. The largest absolute Gasteiger partial charge is 0.165 e. The fourth-order valence-corrected chi connectivity index (χ4v) is 0. The Morgan fingerprint density at radius 2 is 2.00 bits per heavy atom. The molecule has 0 aromatic heterocycles. The molecule has 0 bridgehead atoms. The van der Waals surface area contributed by atoms with Crippen molar-refractivity contribution in [3.63, 3.8) is 0 Å². The van der Waals surface area contributed by atoms with Crippen molar-refractivity contribution in [1.82, 2.24) is 0 Å². The summed E-state index contributed by atoms with van der Waals surface area (Å²) >= 11 is 0.356. The molecule has 5 heavy (non-hydrogen) atoms. The van der Waals surface area contributed by atoms with Crippen molar-refractivity contribution in [2.45, 2.75) is 6.92 Å². The van der Waals surface area contributed by atoms with Gasteiger partial charge >= 0.3 is 0 Å². The van der Waals surface area contributed by atoms with Gasteiger partial charge in [0.2, 0.25) is 0 Å². The molecule has 0 aliphatic rings. The average Bonchev–Trinajstić information content (AvgIpc) is 1.37. The molecule has 0 fully saturated rings. The second-order valence-corrected chi connectivity index (χ2v) is 1.19. The van der Waals surface area contributed by atoms with Gasteiger partial charge in [0.25, 0.3) is 0 Å². The molecule has 0 heterocycles. The van der Waals surface area contributed by atoms with Crippen molar-refractivity contribution in [2.24, 2.45) is 0 Å². The fourth-order valence-electron chi connectivity index (χ4n) is 0. The van der Waals surface area contributed by atoms with Gasteiger partial charge in [-0.15, -0.1) is 0 Å². The minimum atomic E-state index is 0. The second kappa shape index (κ2) is 8.89. The van der Waals surface area contributed by atoms with Crippen LogP contribution >= 0.6 is 12.1 Å². The van der Waals surface area contributed by atoms with E-state index in [-0.39, 0.29) is 22.4 Å². The monoisotopic (exact) mass is 187 g/mol. The van der Waals surface area contributed by atoms with Crippen LogP contribution in [0.3, 0.4) is 0 Å². The average molecular weight is 188 g/mol. The normalized spacial score (nSPS) is 6.00. The van der Waals surface area contributed by atoms with Crippen molar-refractivity contribution in [3.05, 3.63) is 0 Å². The van der Waals surface area contributed by atoms with E-state index >= 15 is 0 Å². The van der Waals surface area contributed by atoms with Gasteiger partial charge in [0.1, 0.15) is 0 Å². The molecule has 0 aliphatic carbocycles. The van der Waals surface area contributed by atoms with Crippen LogP contribution in [-0.2, 0) is 22.4 Å². The van der Waals surface area contributed by atoms with Gasteiger partial charge < -0.3 is 0 Å². The van der Waals surface area contributed by atoms with Crippen LogP contribution in [-0.4, -0.2) is 5.75 Å². The first-order valence-corrected chi connectivity index (χ1v) is 2.04. The van der Waals surface area contributed by atoms with Gasteiger partial charge in [-0.3, -0.25) is 0 Å². The Bertz CT molecular complexity index is 11.6. The minimum Gasteiger partial charge on any atom is -0.165 e. The summed E-state index contributed by atoms with van der Waals surface area (Å²) in [6.45, 7) is 1.77. The van der Waals surface area contributed by atoms with Crippen LogP contribution in [0.25, 0.3) is 0 Å². The first kappa shape index (κ1) is 9.39. The quantitative estimate of drug-likeness (QED) is 0.563. The van der Waals surface area contributed by atoms with Gasteiger partial charge in [-0.1, -0.05) is 6.92 Å². The molecule has 3 heteroatoms. The maximum Gasteiger partial charge on any atom is 0.0440 e. The summed E-state index contributed by atoms with van der Waals surface area (Å²) in [5, 5.41) is 0. The maximum absolute atomic E-state index is 10.6. The molecule has 0 nitrogen and oxygen atoms in total. The molecule has 37 valence electrons. The van der Waals surface area contributed by atoms with Gasteiger partial charge in [-0.05, 0) is 0 Å². The summed E-state index contributed by atoms with van der Waals surface area (Å²) in [6.07, 6.45) is 0. The maximum atomic E-state index is 10.6. The Balaban J connectivity index is 0. The van der Waals surface area contributed by atoms with Crippen molar-refractivity contribution < 1.29 is 26.3 Å². The Morgan fingerprint density at radius 1 is 1.80 bits per heavy atom. The van der Waals surface area contributed by atoms with Crippen LogP contribution < -0.4 is 0 Å². The molecular weight excluding hydrogens is 183 g/mol. The fraction of sp³-hybridized carbons (Fsp3) is 1.00. The number of rotatable bonds is 1. The third-order valence-electron chi connectivity index (χ3n) is 0.109. The van der Waals surface area contributed by atoms with E-state index in [0.717, 1.165) is 0 Å². The summed E-state index contributed by atoms with van der Waals surface area (Å²) < 4.78 is 10.6. The van der Waals surface area contributed by atoms with Crippen LogP contribution in [0.1, 0.15) is 6.92 Å². The summed E-state index contributed by atoms with van der Waals surface area (Å²) in [7, 11) is 0. The predicted molar refractivity (Wildman–Crippen MR) is 19.2 cm³/mol. The minimum absolute atomic E-state index is 0. The van der Waals surface area contributed by atoms with E-state index in [2.05, 4.69) is 0 Å². The van der Waals surface area contributed by atoms with Crippen LogP contribution in [0.4, 0.5) is 3.89 Å². The van der Waals surface area contributed by atoms with Gasteiger partial charge in [0.15, 0.2) is 0 Å². The van der Waals surface area contributed by atoms with E-state index in [1.807, 2.05) is 0 Å². The van der Waals surface area contributed by atoms with E-state index in [1.165, 1.54) is 0 Å². The molecular formula is C2H5AgFS. The zero-order valence-corrected chi connectivity index (χ0v) is 5.09. The van der Waals surface area contributed by atoms with E-state index in [1.54, 1.807) is 6.92 Å². The topological polar surface area (TPSA) is 0 Å². The van der Waals surface area contributed by atoms with E-state index < -0.39 is 0 Å². The Hall–Kier alpha value is 1.02. The molecule has 0 rings (SSSR count). The Kier molecular flexibility index (Phi) is 16.7. The third kappa shape index (κ3) is 11.2. The molecule has 0 unspecified atom stereocenters. The van der Waals surface area contributed by atoms with Crippen molar-refractivity contribution >= 4 is 12.1 Å². The third-order valence-corrected chi connectivity index (χ3v) is 0.327. The second-order valence-electron chi connectivity index (χ2n) is 0.398. The summed E-state index contributed by atoms with van der Waals surface area (Å²) in [6, 6.07) is 0. The summed E-state index contributed by atoms with van der Waals surface area (Å²) in [5.41, 5.74) is 0. The van der Waals surface area contributed by atoms with Crippen LogP contribution in [0.2, 0.25) is 0 Å². The summed E-state index contributed by atoms with van der Waals surface area (Å²) in [5.74, 6) is 0.569. The van der Waals surface area contributed by atoms with Gasteiger partial charge in [-0.25, -0.2) is 0 Å². The zero-order chi connectivity index (χ0) is 3.41. The van der Waals surface area contributed by atoms with Crippen molar-refractivity contribution in [1.29, 1.82) is 0 Å². The van der Waals surface area contributed by atoms with Crippen LogP contribution in [0.5, 0.6) is 0 Å². The number of hydrogen-bond donors (Lipinski definition) is 0. The molecule has 0 aromatic rings. The molecule has 0 aliphatic heterocycles. The summed E-state index contributed by atoms with van der Waals surface area (Å²) in [4.78, 5) is 0. The smallest absolute Gasteiger partial charge is 0.0440 e. The molecule has 0 saturated carbocycles. The molecule has 0 atom stereocenters. The van der Waals surface area contributed by atoms with Crippen molar-refractivity contribution in [3.8, 4) is 0 Å². The Labute approximate surface area is 51.3 Å².